The van der Waals surface area contributed by atoms with Gasteiger partial charge in [-0.2, -0.15) is 0 Å². The van der Waals surface area contributed by atoms with Gasteiger partial charge in [0.1, 0.15) is 0 Å². The smallest absolute Gasteiger partial charge is 0.0354 e. The monoisotopic (exact) mass is 203 g/mol. The van der Waals surface area contributed by atoms with Gasteiger partial charge in [-0.3, -0.25) is 0 Å². The van der Waals surface area contributed by atoms with Crippen LogP contribution >= 0.6 is 0 Å². The summed E-state index contributed by atoms with van der Waals surface area (Å²) in [4.78, 5) is 0. The van der Waals surface area contributed by atoms with E-state index >= 15 is 0 Å². The van der Waals surface area contributed by atoms with Gasteiger partial charge in [0.15, 0.2) is 0 Å². The van der Waals surface area contributed by atoms with Crippen molar-refractivity contribution in [2.75, 3.05) is 6.54 Å². The lowest BCUT2D eigenvalue weighted by molar-refractivity contribution is 0.525. The third-order valence-corrected chi connectivity index (χ3v) is 2.53. The normalized spacial score (nSPS) is 12.3. The number of benzene rings is 1. The minimum atomic E-state index is 0.426. The Morgan fingerprint density at radius 2 is 2.07 bits per heavy atom. The molecule has 0 spiro atoms. The van der Waals surface area contributed by atoms with E-state index in [1.165, 1.54) is 18.4 Å². The van der Waals surface area contributed by atoms with Crippen LogP contribution in [-0.4, -0.2) is 6.54 Å². The molecule has 0 saturated carbocycles. The van der Waals surface area contributed by atoms with Gasteiger partial charge in [0.05, 0.1) is 0 Å². The second kappa shape index (κ2) is 7.24. The maximum Gasteiger partial charge on any atom is 0.0354 e. The molecule has 82 valence electrons. The van der Waals surface area contributed by atoms with Crippen molar-refractivity contribution in [2.45, 2.75) is 32.2 Å². The molecule has 1 atom stereocenters. The van der Waals surface area contributed by atoms with E-state index in [0.717, 1.165) is 13.0 Å². The average molecular weight is 203 g/mol. The summed E-state index contributed by atoms with van der Waals surface area (Å²) in [6.45, 7) is 7.12. The summed E-state index contributed by atoms with van der Waals surface area (Å²) in [5.74, 6) is 0. The van der Waals surface area contributed by atoms with Crippen molar-refractivity contribution < 1.29 is 0 Å². The molecule has 0 aromatic heterocycles. The molecule has 0 aliphatic rings. The van der Waals surface area contributed by atoms with Gasteiger partial charge in [-0.05, 0) is 24.9 Å². The first-order valence-corrected chi connectivity index (χ1v) is 5.77. The topological polar surface area (TPSA) is 12.0 Å². The lowest BCUT2D eigenvalue weighted by Gasteiger charge is -2.17. The van der Waals surface area contributed by atoms with E-state index in [-0.39, 0.29) is 0 Å². The minimum Gasteiger partial charge on any atom is -0.310 e. The van der Waals surface area contributed by atoms with Crippen molar-refractivity contribution >= 4 is 0 Å². The molecule has 0 aliphatic carbocycles. The Labute approximate surface area is 93.2 Å². The molecule has 1 nitrogen and oxygen atoms in total. The average Bonchev–Trinajstić information content (AvgIpc) is 2.29. The van der Waals surface area contributed by atoms with Crippen molar-refractivity contribution in [2.24, 2.45) is 0 Å². The van der Waals surface area contributed by atoms with Gasteiger partial charge >= 0.3 is 0 Å². The summed E-state index contributed by atoms with van der Waals surface area (Å²) < 4.78 is 0. The van der Waals surface area contributed by atoms with E-state index in [1.54, 1.807) is 0 Å². The van der Waals surface area contributed by atoms with Crippen LogP contribution in [0.2, 0.25) is 0 Å². The number of hydrogen-bond acceptors (Lipinski definition) is 1. The largest absolute Gasteiger partial charge is 0.310 e. The number of hydrogen-bond donors (Lipinski definition) is 1. The van der Waals surface area contributed by atoms with Gasteiger partial charge in [0, 0.05) is 6.04 Å². The molecule has 0 saturated heterocycles. The van der Waals surface area contributed by atoms with E-state index in [9.17, 15) is 0 Å². The number of unbranched alkanes of at least 4 members (excludes halogenated alkanes) is 1. The number of nitrogens with one attached hydrogen (secondary N) is 1. The fourth-order valence-electron chi connectivity index (χ4n) is 1.64. The standard InChI is InChI=1S/C14H21N/c1-3-5-12-15-14(9-4-2)13-10-7-6-8-11-13/h4,6-8,10-11,14-15H,2-3,5,9,12H2,1H3/t14-/m0/s1. The summed E-state index contributed by atoms with van der Waals surface area (Å²) >= 11 is 0. The SMILES string of the molecule is C=CC[C@H](NCCCC)c1ccccc1. The lowest BCUT2D eigenvalue weighted by Crippen LogP contribution is -2.21. The molecule has 15 heavy (non-hydrogen) atoms. The molecular weight excluding hydrogens is 182 g/mol. The van der Waals surface area contributed by atoms with Crippen LogP contribution in [0.4, 0.5) is 0 Å². The van der Waals surface area contributed by atoms with Gasteiger partial charge in [-0.1, -0.05) is 49.8 Å². The predicted octanol–water partition coefficient (Wildman–Crippen LogP) is 3.69. The first-order valence-electron chi connectivity index (χ1n) is 5.77. The molecular formula is C14H21N. The highest BCUT2D eigenvalue weighted by atomic mass is 14.9. The van der Waals surface area contributed by atoms with E-state index < -0.39 is 0 Å². The molecule has 1 aromatic rings. The Morgan fingerprint density at radius 1 is 1.33 bits per heavy atom. The van der Waals surface area contributed by atoms with Crippen LogP contribution in [0.15, 0.2) is 43.0 Å². The van der Waals surface area contributed by atoms with Gasteiger partial charge in [-0.15, -0.1) is 6.58 Å². The first kappa shape index (κ1) is 12.0. The zero-order valence-corrected chi connectivity index (χ0v) is 9.58. The molecule has 1 rings (SSSR count). The number of rotatable bonds is 7. The van der Waals surface area contributed by atoms with E-state index in [1.807, 2.05) is 6.08 Å². The Bertz CT molecular complexity index is 266. The van der Waals surface area contributed by atoms with Gasteiger partial charge in [0.25, 0.3) is 0 Å². The molecule has 0 unspecified atom stereocenters. The van der Waals surface area contributed by atoms with E-state index in [2.05, 4.69) is 49.2 Å². The summed E-state index contributed by atoms with van der Waals surface area (Å²) in [5.41, 5.74) is 1.36. The Kier molecular flexibility index (Phi) is 5.79. The quantitative estimate of drug-likeness (QED) is 0.526. The van der Waals surface area contributed by atoms with Gasteiger partial charge in [0.2, 0.25) is 0 Å². The maximum absolute atomic E-state index is 3.81. The highest BCUT2D eigenvalue weighted by molar-refractivity contribution is 5.19. The maximum atomic E-state index is 3.81. The van der Waals surface area contributed by atoms with Crippen LogP contribution in [0.3, 0.4) is 0 Å². The fourth-order valence-corrected chi connectivity index (χ4v) is 1.64. The summed E-state index contributed by atoms with van der Waals surface area (Å²) in [5, 5.41) is 3.57. The molecule has 0 aliphatic heterocycles. The van der Waals surface area contributed by atoms with Crippen molar-refractivity contribution in [3.63, 3.8) is 0 Å². The molecule has 0 amide bonds. The van der Waals surface area contributed by atoms with Crippen LogP contribution in [0.1, 0.15) is 37.8 Å². The van der Waals surface area contributed by atoms with Crippen molar-refractivity contribution in [1.29, 1.82) is 0 Å². The second-order valence-corrected chi connectivity index (χ2v) is 3.80. The molecule has 1 aromatic carbocycles. The summed E-state index contributed by atoms with van der Waals surface area (Å²) in [7, 11) is 0. The Hall–Kier alpha value is -1.08. The molecule has 0 heterocycles. The van der Waals surface area contributed by atoms with Crippen molar-refractivity contribution in [3.8, 4) is 0 Å². The van der Waals surface area contributed by atoms with Crippen molar-refractivity contribution in [1.82, 2.24) is 5.32 Å². The van der Waals surface area contributed by atoms with E-state index in [0.29, 0.717) is 6.04 Å². The first-order chi connectivity index (χ1) is 7.38. The van der Waals surface area contributed by atoms with Gasteiger partial charge in [-0.25, -0.2) is 0 Å². The molecule has 1 heteroatoms. The van der Waals surface area contributed by atoms with Gasteiger partial charge < -0.3 is 5.32 Å². The van der Waals surface area contributed by atoms with Crippen LogP contribution < -0.4 is 5.32 Å². The van der Waals surface area contributed by atoms with Crippen LogP contribution in [0.25, 0.3) is 0 Å². The highest BCUT2D eigenvalue weighted by Gasteiger charge is 2.07. The van der Waals surface area contributed by atoms with Crippen LogP contribution in [-0.2, 0) is 0 Å². The Morgan fingerprint density at radius 3 is 2.67 bits per heavy atom. The predicted molar refractivity (Wildman–Crippen MR) is 66.9 cm³/mol. The zero-order valence-electron chi connectivity index (χ0n) is 9.58. The highest BCUT2D eigenvalue weighted by Crippen LogP contribution is 2.16. The summed E-state index contributed by atoms with van der Waals surface area (Å²) in [6, 6.07) is 11.0. The summed E-state index contributed by atoms with van der Waals surface area (Å²) in [6.07, 6.45) is 5.45. The minimum absolute atomic E-state index is 0.426. The second-order valence-electron chi connectivity index (χ2n) is 3.80. The third-order valence-electron chi connectivity index (χ3n) is 2.53. The van der Waals surface area contributed by atoms with Crippen LogP contribution in [0, 0.1) is 0 Å². The Balaban J connectivity index is 2.53. The molecule has 0 radical (unpaired) electrons. The van der Waals surface area contributed by atoms with E-state index in [4.69, 9.17) is 0 Å². The molecule has 1 N–H and O–H groups in total. The zero-order chi connectivity index (χ0) is 10.9. The lowest BCUT2D eigenvalue weighted by atomic mass is 10.0. The molecule has 0 fully saturated rings. The molecule has 0 bridgehead atoms. The van der Waals surface area contributed by atoms with Crippen molar-refractivity contribution in [3.05, 3.63) is 48.6 Å². The van der Waals surface area contributed by atoms with Crippen LogP contribution in [0.5, 0.6) is 0 Å². The fraction of sp³-hybridized carbons (Fsp3) is 0.429. The third kappa shape index (κ3) is 4.30.